The van der Waals surface area contributed by atoms with Crippen molar-refractivity contribution in [3.63, 3.8) is 0 Å². The molecule has 1 aliphatic rings. The van der Waals surface area contributed by atoms with E-state index >= 15 is 0 Å². The van der Waals surface area contributed by atoms with Gasteiger partial charge in [-0.25, -0.2) is 4.39 Å². The third kappa shape index (κ3) is 4.77. The molecule has 0 amide bonds. The van der Waals surface area contributed by atoms with E-state index in [1.165, 1.54) is 12.1 Å². The lowest BCUT2D eigenvalue weighted by atomic mass is 10.3. The predicted octanol–water partition coefficient (Wildman–Crippen LogP) is 2.32. The van der Waals surface area contributed by atoms with Gasteiger partial charge < -0.3 is 9.26 Å². The van der Waals surface area contributed by atoms with Crippen molar-refractivity contribution >= 4 is 0 Å². The summed E-state index contributed by atoms with van der Waals surface area (Å²) in [5, 5.41) is 4.04. The van der Waals surface area contributed by atoms with Crippen LogP contribution in [-0.4, -0.2) is 54.3 Å². The third-order valence-electron chi connectivity index (χ3n) is 4.02. The molecule has 0 unspecified atom stereocenters. The second kappa shape index (κ2) is 7.57. The number of aryl methyl sites for hydroxylation is 1. The maximum absolute atomic E-state index is 12.8. The molecule has 1 aromatic carbocycles. The number of halogens is 1. The van der Waals surface area contributed by atoms with Gasteiger partial charge in [-0.2, -0.15) is 0 Å². The number of hydrogen-bond donors (Lipinski definition) is 0. The molecule has 2 heterocycles. The first-order valence-electron chi connectivity index (χ1n) is 7.94. The van der Waals surface area contributed by atoms with Gasteiger partial charge in [-0.3, -0.25) is 9.80 Å². The standard InChI is InChI=1S/C17H22FN3O2/c1-14-12-16(19-23-14)13-21-8-6-20(7-9-21)10-11-22-17-4-2-15(18)3-5-17/h2-5,12H,6-11,13H2,1H3. The number of hydrogen-bond acceptors (Lipinski definition) is 5. The smallest absolute Gasteiger partial charge is 0.133 e. The number of piperazine rings is 1. The minimum atomic E-state index is -0.240. The van der Waals surface area contributed by atoms with Crippen molar-refractivity contribution in [1.82, 2.24) is 15.0 Å². The van der Waals surface area contributed by atoms with Gasteiger partial charge >= 0.3 is 0 Å². The fourth-order valence-electron chi connectivity index (χ4n) is 2.72. The highest BCUT2D eigenvalue weighted by molar-refractivity contribution is 5.21. The van der Waals surface area contributed by atoms with E-state index in [0.717, 1.165) is 50.7 Å². The molecule has 0 radical (unpaired) electrons. The van der Waals surface area contributed by atoms with E-state index in [4.69, 9.17) is 9.26 Å². The van der Waals surface area contributed by atoms with Crippen LogP contribution in [-0.2, 0) is 6.54 Å². The van der Waals surface area contributed by atoms with Gasteiger partial charge in [0.05, 0.1) is 5.69 Å². The molecule has 0 bridgehead atoms. The Labute approximate surface area is 135 Å². The van der Waals surface area contributed by atoms with Gasteiger partial charge in [0.15, 0.2) is 0 Å². The normalized spacial score (nSPS) is 16.6. The molecule has 0 N–H and O–H groups in total. The number of ether oxygens (including phenoxy) is 1. The lowest BCUT2D eigenvalue weighted by Crippen LogP contribution is -2.47. The molecule has 124 valence electrons. The summed E-state index contributed by atoms with van der Waals surface area (Å²) in [5.41, 5.74) is 0.996. The Morgan fingerprint density at radius 1 is 1.13 bits per heavy atom. The minimum Gasteiger partial charge on any atom is -0.492 e. The molecule has 0 atom stereocenters. The molecule has 1 saturated heterocycles. The van der Waals surface area contributed by atoms with E-state index in [-0.39, 0.29) is 5.82 Å². The molecule has 0 saturated carbocycles. The highest BCUT2D eigenvalue weighted by Gasteiger charge is 2.17. The maximum atomic E-state index is 12.8. The summed E-state index contributed by atoms with van der Waals surface area (Å²) in [5.74, 6) is 1.33. The molecular formula is C17H22FN3O2. The molecular weight excluding hydrogens is 297 g/mol. The van der Waals surface area contributed by atoms with Crippen LogP contribution in [0.1, 0.15) is 11.5 Å². The highest BCUT2D eigenvalue weighted by Crippen LogP contribution is 2.12. The van der Waals surface area contributed by atoms with Crippen LogP contribution in [0.2, 0.25) is 0 Å². The number of aromatic nitrogens is 1. The summed E-state index contributed by atoms with van der Waals surface area (Å²) in [6.45, 7) is 8.33. The van der Waals surface area contributed by atoms with Crippen LogP contribution in [0.15, 0.2) is 34.9 Å². The zero-order valence-electron chi connectivity index (χ0n) is 13.4. The largest absolute Gasteiger partial charge is 0.492 e. The summed E-state index contributed by atoms with van der Waals surface area (Å²) in [4.78, 5) is 4.77. The van der Waals surface area contributed by atoms with E-state index in [1.807, 2.05) is 13.0 Å². The molecule has 0 spiro atoms. The Morgan fingerprint density at radius 3 is 2.48 bits per heavy atom. The lowest BCUT2D eigenvalue weighted by Gasteiger charge is -2.34. The van der Waals surface area contributed by atoms with Gasteiger partial charge in [0.2, 0.25) is 0 Å². The van der Waals surface area contributed by atoms with Crippen LogP contribution >= 0.6 is 0 Å². The SMILES string of the molecule is Cc1cc(CN2CCN(CCOc3ccc(F)cc3)CC2)no1. The van der Waals surface area contributed by atoms with E-state index in [0.29, 0.717) is 12.4 Å². The van der Waals surface area contributed by atoms with Crippen LogP contribution in [0.4, 0.5) is 4.39 Å². The molecule has 23 heavy (non-hydrogen) atoms. The third-order valence-corrected chi connectivity index (χ3v) is 4.02. The quantitative estimate of drug-likeness (QED) is 0.817. The first kappa shape index (κ1) is 16.0. The van der Waals surface area contributed by atoms with Crippen LogP contribution in [0.5, 0.6) is 5.75 Å². The van der Waals surface area contributed by atoms with Gasteiger partial charge in [0.1, 0.15) is 23.9 Å². The van der Waals surface area contributed by atoms with Gasteiger partial charge in [-0.1, -0.05) is 5.16 Å². The minimum absolute atomic E-state index is 0.240. The summed E-state index contributed by atoms with van der Waals surface area (Å²) >= 11 is 0. The molecule has 2 aromatic rings. The van der Waals surface area contributed by atoms with Crippen molar-refractivity contribution in [3.05, 3.63) is 47.6 Å². The Kier molecular flexibility index (Phi) is 5.25. The molecule has 1 fully saturated rings. The van der Waals surface area contributed by atoms with Crippen LogP contribution < -0.4 is 4.74 Å². The van der Waals surface area contributed by atoms with Crippen molar-refractivity contribution in [2.45, 2.75) is 13.5 Å². The van der Waals surface area contributed by atoms with Crippen molar-refractivity contribution in [2.75, 3.05) is 39.3 Å². The van der Waals surface area contributed by atoms with Gasteiger partial charge in [0, 0.05) is 45.3 Å². The summed E-state index contributed by atoms with van der Waals surface area (Å²) in [7, 11) is 0. The van der Waals surface area contributed by atoms with E-state index in [9.17, 15) is 4.39 Å². The summed E-state index contributed by atoms with van der Waals surface area (Å²) in [6, 6.07) is 8.14. The first-order chi connectivity index (χ1) is 11.2. The molecule has 1 aromatic heterocycles. The fourth-order valence-corrected chi connectivity index (χ4v) is 2.72. The zero-order chi connectivity index (χ0) is 16.1. The Hall–Kier alpha value is -1.92. The van der Waals surface area contributed by atoms with Gasteiger partial charge in [-0.05, 0) is 31.2 Å². The summed E-state index contributed by atoms with van der Waals surface area (Å²) in [6.07, 6.45) is 0. The van der Waals surface area contributed by atoms with E-state index in [2.05, 4.69) is 15.0 Å². The molecule has 5 nitrogen and oxygen atoms in total. The van der Waals surface area contributed by atoms with E-state index < -0.39 is 0 Å². The summed E-state index contributed by atoms with van der Waals surface area (Å²) < 4.78 is 23.6. The molecule has 6 heteroatoms. The average molecular weight is 319 g/mol. The predicted molar refractivity (Wildman–Crippen MR) is 84.9 cm³/mol. The highest BCUT2D eigenvalue weighted by atomic mass is 19.1. The number of benzene rings is 1. The van der Waals surface area contributed by atoms with Gasteiger partial charge in [0.25, 0.3) is 0 Å². The van der Waals surface area contributed by atoms with Crippen LogP contribution in [0, 0.1) is 12.7 Å². The first-order valence-corrected chi connectivity index (χ1v) is 7.94. The van der Waals surface area contributed by atoms with Gasteiger partial charge in [-0.15, -0.1) is 0 Å². The second-order valence-corrected chi connectivity index (χ2v) is 5.85. The topological polar surface area (TPSA) is 41.7 Å². The Balaban J connectivity index is 1.35. The van der Waals surface area contributed by atoms with Crippen molar-refractivity contribution in [2.24, 2.45) is 0 Å². The Bertz CT molecular complexity index is 607. The van der Waals surface area contributed by atoms with Crippen LogP contribution in [0.25, 0.3) is 0 Å². The monoisotopic (exact) mass is 319 g/mol. The number of nitrogens with zero attached hydrogens (tertiary/aromatic N) is 3. The van der Waals surface area contributed by atoms with Crippen LogP contribution in [0.3, 0.4) is 0 Å². The second-order valence-electron chi connectivity index (χ2n) is 5.85. The van der Waals surface area contributed by atoms with Crippen molar-refractivity contribution in [3.8, 4) is 5.75 Å². The zero-order valence-corrected chi connectivity index (χ0v) is 13.4. The fraction of sp³-hybridized carbons (Fsp3) is 0.471. The number of rotatable bonds is 6. The lowest BCUT2D eigenvalue weighted by molar-refractivity contribution is 0.111. The Morgan fingerprint density at radius 2 is 1.83 bits per heavy atom. The molecule has 0 aliphatic carbocycles. The van der Waals surface area contributed by atoms with Crippen molar-refractivity contribution in [1.29, 1.82) is 0 Å². The average Bonchev–Trinajstić information content (AvgIpc) is 2.96. The van der Waals surface area contributed by atoms with E-state index in [1.54, 1.807) is 12.1 Å². The molecule has 1 aliphatic heterocycles. The van der Waals surface area contributed by atoms with Crippen molar-refractivity contribution < 1.29 is 13.7 Å². The maximum Gasteiger partial charge on any atom is 0.133 e. The molecule has 3 rings (SSSR count).